The van der Waals surface area contributed by atoms with E-state index in [9.17, 15) is 0 Å². The van der Waals surface area contributed by atoms with E-state index >= 15 is 0 Å². The fourth-order valence-electron chi connectivity index (χ4n) is 1.73. The molecule has 4 heteroatoms. The van der Waals surface area contributed by atoms with Gasteiger partial charge in [-0.3, -0.25) is 0 Å². The molecule has 0 saturated carbocycles. The number of halogens is 1. The van der Waals surface area contributed by atoms with E-state index in [2.05, 4.69) is 64.0 Å². The number of nitrogens with zero attached hydrogens (tertiary/aromatic N) is 2. The number of rotatable bonds is 5. The normalized spacial score (nSPS) is 12.3. The smallest absolute Gasteiger partial charge is 0.0991 e. The molecule has 0 aliphatic rings. The predicted molar refractivity (Wildman–Crippen MR) is 78.0 cm³/mol. The van der Waals surface area contributed by atoms with Crippen molar-refractivity contribution in [2.24, 2.45) is 0 Å². The van der Waals surface area contributed by atoms with Crippen LogP contribution in [0.1, 0.15) is 18.5 Å². The van der Waals surface area contributed by atoms with Crippen molar-refractivity contribution in [1.29, 1.82) is 0 Å². The van der Waals surface area contributed by atoms with Crippen LogP contribution in [-0.2, 0) is 0 Å². The Bertz CT molecular complexity index is 502. The summed E-state index contributed by atoms with van der Waals surface area (Å²) in [6.07, 6.45) is 5.51. The summed E-state index contributed by atoms with van der Waals surface area (Å²) in [5.74, 6) is 0. The van der Waals surface area contributed by atoms with Gasteiger partial charge in [0.05, 0.1) is 6.33 Å². The van der Waals surface area contributed by atoms with Crippen molar-refractivity contribution in [3.8, 4) is 5.69 Å². The third kappa shape index (κ3) is 3.31. The van der Waals surface area contributed by atoms with Crippen LogP contribution in [0.2, 0.25) is 0 Å². The summed E-state index contributed by atoms with van der Waals surface area (Å²) in [4.78, 5) is 4.04. The molecule has 0 spiro atoms. The van der Waals surface area contributed by atoms with Gasteiger partial charge in [0.15, 0.2) is 0 Å². The Hall–Kier alpha value is -1.39. The van der Waals surface area contributed by atoms with Gasteiger partial charge in [0.2, 0.25) is 0 Å². The maximum absolute atomic E-state index is 4.04. The van der Waals surface area contributed by atoms with Crippen LogP contribution in [-0.4, -0.2) is 16.1 Å². The van der Waals surface area contributed by atoms with Crippen molar-refractivity contribution in [2.75, 3.05) is 6.54 Å². The Morgan fingerprint density at radius 2 is 2.17 bits per heavy atom. The van der Waals surface area contributed by atoms with Crippen molar-refractivity contribution >= 4 is 15.9 Å². The van der Waals surface area contributed by atoms with Crippen LogP contribution >= 0.6 is 15.9 Å². The first-order valence-electron chi connectivity index (χ1n) is 5.82. The molecule has 1 aromatic heterocycles. The molecule has 2 aromatic rings. The molecule has 1 aromatic carbocycles. The van der Waals surface area contributed by atoms with Crippen LogP contribution in [0.25, 0.3) is 5.69 Å². The lowest BCUT2D eigenvalue weighted by Gasteiger charge is -2.14. The highest BCUT2D eigenvalue weighted by Crippen LogP contribution is 2.16. The summed E-state index contributed by atoms with van der Waals surface area (Å²) in [5, 5.41) is 3.39. The van der Waals surface area contributed by atoms with Gasteiger partial charge in [-0.05, 0) is 24.6 Å². The number of hydrogen-bond acceptors (Lipinski definition) is 2. The van der Waals surface area contributed by atoms with Crippen molar-refractivity contribution in [2.45, 2.75) is 13.0 Å². The molecular formula is C14H16BrN3. The molecule has 0 aliphatic heterocycles. The van der Waals surface area contributed by atoms with Gasteiger partial charge in [0.1, 0.15) is 0 Å². The Kier molecular flexibility index (Phi) is 4.33. The summed E-state index contributed by atoms with van der Waals surface area (Å²) in [7, 11) is 0. The lowest BCUT2D eigenvalue weighted by atomic mass is 10.1. The SMILES string of the molecule is C=C(Br)CNC(C)c1ccc(-n2ccnc2)cc1. The Balaban J connectivity index is 2.05. The van der Waals surface area contributed by atoms with E-state index in [1.807, 2.05) is 10.8 Å². The van der Waals surface area contributed by atoms with Crippen LogP contribution in [0, 0.1) is 0 Å². The average molecular weight is 306 g/mol. The minimum absolute atomic E-state index is 0.302. The van der Waals surface area contributed by atoms with Gasteiger partial charge in [0, 0.05) is 35.2 Å². The van der Waals surface area contributed by atoms with Gasteiger partial charge in [-0.2, -0.15) is 0 Å². The second kappa shape index (κ2) is 5.98. The largest absolute Gasteiger partial charge is 0.306 e. The van der Waals surface area contributed by atoms with Crippen LogP contribution in [0.4, 0.5) is 0 Å². The summed E-state index contributed by atoms with van der Waals surface area (Å²) in [5.41, 5.74) is 2.38. The number of imidazole rings is 1. The van der Waals surface area contributed by atoms with E-state index in [0.717, 1.165) is 16.7 Å². The van der Waals surface area contributed by atoms with Gasteiger partial charge in [-0.15, -0.1) is 0 Å². The first kappa shape index (κ1) is 13.1. The van der Waals surface area contributed by atoms with Crippen LogP contribution in [0.5, 0.6) is 0 Å². The number of benzene rings is 1. The van der Waals surface area contributed by atoms with Crippen molar-refractivity contribution < 1.29 is 0 Å². The molecule has 18 heavy (non-hydrogen) atoms. The van der Waals surface area contributed by atoms with Crippen LogP contribution in [0.15, 0.2) is 54.0 Å². The molecule has 1 N–H and O–H groups in total. The minimum atomic E-state index is 0.302. The van der Waals surface area contributed by atoms with E-state index in [-0.39, 0.29) is 0 Å². The zero-order chi connectivity index (χ0) is 13.0. The third-order valence-electron chi connectivity index (χ3n) is 2.80. The molecule has 3 nitrogen and oxygen atoms in total. The molecule has 94 valence electrons. The zero-order valence-corrected chi connectivity index (χ0v) is 11.9. The summed E-state index contributed by atoms with van der Waals surface area (Å²) in [6, 6.07) is 8.75. The lowest BCUT2D eigenvalue weighted by Crippen LogP contribution is -2.19. The number of nitrogens with one attached hydrogen (secondary N) is 1. The molecule has 0 fully saturated rings. The fourth-order valence-corrected chi connectivity index (χ4v) is 1.89. The van der Waals surface area contributed by atoms with Gasteiger partial charge in [-0.25, -0.2) is 4.98 Å². The molecule has 0 aliphatic carbocycles. The quantitative estimate of drug-likeness (QED) is 0.917. The van der Waals surface area contributed by atoms with Crippen LogP contribution < -0.4 is 5.32 Å². The highest BCUT2D eigenvalue weighted by molar-refractivity contribution is 9.11. The summed E-state index contributed by atoms with van der Waals surface area (Å²) in [6.45, 7) is 6.72. The summed E-state index contributed by atoms with van der Waals surface area (Å²) >= 11 is 3.35. The van der Waals surface area contributed by atoms with Crippen LogP contribution in [0.3, 0.4) is 0 Å². The summed E-state index contributed by atoms with van der Waals surface area (Å²) < 4.78 is 2.95. The van der Waals surface area contributed by atoms with Gasteiger partial charge in [0.25, 0.3) is 0 Å². The van der Waals surface area contributed by atoms with Gasteiger partial charge < -0.3 is 9.88 Å². The molecule has 2 rings (SSSR count). The first-order valence-corrected chi connectivity index (χ1v) is 6.61. The highest BCUT2D eigenvalue weighted by atomic mass is 79.9. The molecule has 1 atom stereocenters. The van der Waals surface area contributed by atoms with Crippen molar-refractivity contribution in [3.05, 3.63) is 59.6 Å². The molecule has 1 heterocycles. The second-order valence-electron chi connectivity index (χ2n) is 4.18. The number of hydrogen-bond donors (Lipinski definition) is 1. The van der Waals surface area contributed by atoms with Crippen molar-refractivity contribution in [3.63, 3.8) is 0 Å². The molecule has 0 radical (unpaired) electrons. The van der Waals surface area contributed by atoms with E-state index in [1.165, 1.54) is 5.56 Å². The molecule has 0 saturated heterocycles. The van der Waals surface area contributed by atoms with Gasteiger partial charge in [-0.1, -0.05) is 34.6 Å². The van der Waals surface area contributed by atoms with Gasteiger partial charge >= 0.3 is 0 Å². The first-order chi connectivity index (χ1) is 8.66. The Morgan fingerprint density at radius 3 is 2.72 bits per heavy atom. The molecule has 1 unspecified atom stereocenters. The maximum Gasteiger partial charge on any atom is 0.0991 e. The minimum Gasteiger partial charge on any atom is -0.306 e. The average Bonchev–Trinajstić information content (AvgIpc) is 2.90. The topological polar surface area (TPSA) is 29.9 Å². The van der Waals surface area contributed by atoms with E-state index in [4.69, 9.17) is 0 Å². The maximum atomic E-state index is 4.04. The van der Waals surface area contributed by atoms with E-state index < -0.39 is 0 Å². The molecule has 0 bridgehead atoms. The zero-order valence-electron chi connectivity index (χ0n) is 10.3. The van der Waals surface area contributed by atoms with E-state index in [0.29, 0.717) is 6.04 Å². The highest BCUT2D eigenvalue weighted by Gasteiger charge is 2.04. The molecular weight excluding hydrogens is 290 g/mol. The second-order valence-corrected chi connectivity index (χ2v) is 5.30. The van der Waals surface area contributed by atoms with Crippen molar-refractivity contribution in [1.82, 2.24) is 14.9 Å². The standard InChI is InChI=1S/C14H16BrN3/c1-11(15)9-17-12(2)13-3-5-14(6-4-13)18-8-7-16-10-18/h3-8,10,12,17H,1,9H2,2H3. The molecule has 0 amide bonds. The Morgan fingerprint density at radius 1 is 1.44 bits per heavy atom. The lowest BCUT2D eigenvalue weighted by molar-refractivity contribution is 0.616. The van der Waals surface area contributed by atoms with E-state index in [1.54, 1.807) is 12.5 Å². The predicted octanol–water partition coefficient (Wildman–Crippen LogP) is 3.43. The third-order valence-corrected chi connectivity index (χ3v) is 3.08. The monoisotopic (exact) mass is 305 g/mol. The fraction of sp³-hybridized carbons (Fsp3) is 0.214. The number of aromatic nitrogens is 2. The Labute approximate surface area is 116 Å².